The summed E-state index contributed by atoms with van der Waals surface area (Å²) < 4.78 is 27.9. The van der Waals surface area contributed by atoms with E-state index in [4.69, 9.17) is 0 Å². The second-order valence-electron chi connectivity index (χ2n) is 5.00. The van der Waals surface area contributed by atoms with Gasteiger partial charge in [0.1, 0.15) is 0 Å². The molecule has 0 spiro atoms. The molecule has 0 amide bonds. The van der Waals surface area contributed by atoms with E-state index in [1.54, 1.807) is 6.07 Å². The average Bonchev–Trinajstić information content (AvgIpc) is 2.45. The second-order valence-corrected chi connectivity index (χ2v) is 7.70. The lowest BCUT2D eigenvalue weighted by Gasteiger charge is -2.21. The minimum absolute atomic E-state index is 0.366. The SMILES string of the molecule is CCCN(CC)S(=O)(=O)c1cc(CNCC)cc(C)c1Br. The van der Waals surface area contributed by atoms with Crippen LogP contribution in [0.25, 0.3) is 0 Å². The lowest BCUT2D eigenvalue weighted by molar-refractivity contribution is 0.426. The Labute approximate surface area is 137 Å². The molecule has 0 aromatic heterocycles. The van der Waals surface area contributed by atoms with E-state index in [0.717, 1.165) is 24.1 Å². The molecule has 0 radical (unpaired) electrons. The minimum Gasteiger partial charge on any atom is -0.313 e. The van der Waals surface area contributed by atoms with Crippen molar-refractivity contribution in [2.45, 2.75) is 45.6 Å². The molecule has 0 atom stereocenters. The molecular weight excluding hydrogens is 352 g/mol. The number of benzene rings is 1. The van der Waals surface area contributed by atoms with Gasteiger partial charge in [-0.1, -0.05) is 26.8 Å². The van der Waals surface area contributed by atoms with E-state index in [1.165, 1.54) is 4.31 Å². The van der Waals surface area contributed by atoms with E-state index in [2.05, 4.69) is 21.2 Å². The zero-order valence-corrected chi connectivity index (χ0v) is 15.6. The largest absolute Gasteiger partial charge is 0.313 e. The van der Waals surface area contributed by atoms with E-state index < -0.39 is 10.0 Å². The molecule has 0 aliphatic rings. The molecule has 0 aliphatic heterocycles. The fraction of sp³-hybridized carbons (Fsp3) is 0.600. The summed E-state index contributed by atoms with van der Waals surface area (Å²) in [4.78, 5) is 0.366. The van der Waals surface area contributed by atoms with Gasteiger partial charge < -0.3 is 5.32 Å². The molecule has 1 aromatic rings. The van der Waals surface area contributed by atoms with Crippen LogP contribution >= 0.6 is 15.9 Å². The highest BCUT2D eigenvalue weighted by atomic mass is 79.9. The van der Waals surface area contributed by atoms with Gasteiger partial charge in [-0.25, -0.2) is 8.42 Å². The van der Waals surface area contributed by atoms with Crippen molar-refractivity contribution < 1.29 is 8.42 Å². The zero-order valence-electron chi connectivity index (χ0n) is 13.2. The second kappa shape index (κ2) is 8.27. The number of hydrogen-bond donors (Lipinski definition) is 1. The van der Waals surface area contributed by atoms with Gasteiger partial charge in [-0.05, 0) is 53.0 Å². The van der Waals surface area contributed by atoms with Gasteiger partial charge in [0.05, 0.1) is 4.90 Å². The van der Waals surface area contributed by atoms with E-state index >= 15 is 0 Å². The Kier molecular flexibility index (Phi) is 7.33. The predicted molar refractivity (Wildman–Crippen MR) is 91.0 cm³/mol. The maximum absolute atomic E-state index is 12.8. The van der Waals surface area contributed by atoms with Crippen LogP contribution in [0, 0.1) is 6.92 Å². The number of nitrogens with one attached hydrogen (secondary N) is 1. The molecule has 0 bridgehead atoms. The average molecular weight is 377 g/mol. The third kappa shape index (κ3) is 4.52. The molecule has 1 aromatic carbocycles. The van der Waals surface area contributed by atoms with Crippen LogP contribution in [0.2, 0.25) is 0 Å². The summed E-state index contributed by atoms with van der Waals surface area (Å²) in [6.07, 6.45) is 0.806. The molecule has 21 heavy (non-hydrogen) atoms. The van der Waals surface area contributed by atoms with Crippen molar-refractivity contribution in [2.75, 3.05) is 19.6 Å². The molecule has 120 valence electrons. The van der Waals surface area contributed by atoms with Gasteiger partial charge in [-0.2, -0.15) is 4.31 Å². The van der Waals surface area contributed by atoms with E-state index in [1.807, 2.05) is 33.8 Å². The topological polar surface area (TPSA) is 49.4 Å². The first kappa shape index (κ1) is 18.6. The third-order valence-electron chi connectivity index (χ3n) is 3.30. The first-order valence-corrected chi connectivity index (χ1v) is 9.61. The maximum atomic E-state index is 12.8. The van der Waals surface area contributed by atoms with Gasteiger partial charge in [-0.15, -0.1) is 0 Å². The van der Waals surface area contributed by atoms with Crippen LogP contribution in [0.1, 0.15) is 38.3 Å². The fourth-order valence-corrected chi connectivity index (χ4v) is 4.78. The molecule has 1 N–H and O–H groups in total. The van der Waals surface area contributed by atoms with Crippen LogP contribution in [0.4, 0.5) is 0 Å². The molecule has 6 heteroatoms. The number of hydrogen-bond acceptors (Lipinski definition) is 3. The van der Waals surface area contributed by atoms with Crippen LogP contribution in [-0.4, -0.2) is 32.4 Å². The van der Waals surface area contributed by atoms with Crippen molar-refractivity contribution in [2.24, 2.45) is 0 Å². The molecule has 0 saturated carbocycles. The number of rotatable bonds is 8. The van der Waals surface area contributed by atoms with Gasteiger partial charge >= 0.3 is 0 Å². The number of aryl methyl sites for hydroxylation is 1. The first-order chi connectivity index (χ1) is 9.88. The molecule has 4 nitrogen and oxygen atoms in total. The van der Waals surface area contributed by atoms with Gasteiger partial charge in [0.15, 0.2) is 0 Å². The van der Waals surface area contributed by atoms with Crippen LogP contribution in [-0.2, 0) is 16.6 Å². The quantitative estimate of drug-likeness (QED) is 0.756. The van der Waals surface area contributed by atoms with Crippen LogP contribution in [0.15, 0.2) is 21.5 Å². The third-order valence-corrected chi connectivity index (χ3v) is 6.62. The fourth-order valence-electron chi connectivity index (χ4n) is 2.21. The van der Waals surface area contributed by atoms with Gasteiger partial charge in [-0.3, -0.25) is 0 Å². The Hall–Kier alpha value is -0.430. The van der Waals surface area contributed by atoms with E-state index in [9.17, 15) is 8.42 Å². The zero-order chi connectivity index (χ0) is 16.0. The summed E-state index contributed by atoms with van der Waals surface area (Å²) in [5.41, 5.74) is 1.93. The van der Waals surface area contributed by atoms with E-state index in [-0.39, 0.29) is 0 Å². The Bertz CT molecular complexity index is 573. The Morgan fingerprint density at radius 1 is 1.24 bits per heavy atom. The lowest BCUT2D eigenvalue weighted by atomic mass is 10.1. The maximum Gasteiger partial charge on any atom is 0.244 e. The molecule has 0 heterocycles. The van der Waals surface area contributed by atoms with Crippen molar-refractivity contribution in [3.8, 4) is 0 Å². The number of sulfonamides is 1. The smallest absolute Gasteiger partial charge is 0.244 e. The van der Waals surface area contributed by atoms with Crippen LogP contribution in [0.3, 0.4) is 0 Å². The molecular formula is C15H25BrN2O2S. The van der Waals surface area contributed by atoms with Crippen molar-refractivity contribution >= 4 is 26.0 Å². The Balaban J connectivity index is 3.29. The Morgan fingerprint density at radius 3 is 2.43 bits per heavy atom. The van der Waals surface area contributed by atoms with Gasteiger partial charge in [0.2, 0.25) is 10.0 Å². The summed E-state index contributed by atoms with van der Waals surface area (Å²) in [6, 6.07) is 3.79. The van der Waals surface area contributed by atoms with Crippen LogP contribution < -0.4 is 5.32 Å². The van der Waals surface area contributed by atoms with Crippen molar-refractivity contribution in [3.63, 3.8) is 0 Å². The van der Waals surface area contributed by atoms with Crippen molar-refractivity contribution in [3.05, 3.63) is 27.7 Å². The first-order valence-electron chi connectivity index (χ1n) is 7.38. The summed E-state index contributed by atoms with van der Waals surface area (Å²) >= 11 is 3.44. The standard InChI is InChI=1S/C15H25BrN2O2S/c1-5-8-18(7-3)21(19,20)14-10-13(11-17-6-2)9-12(4)15(14)16/h9-10,17H,5-8,11H2,1-4H3. The summed E-state index contributed by atoms with van der Waals surface area (Å²) in [6.45, 7) is 10.4. The van der Waals surface area contributed by atoms with Gasteiger partial charge in [0.25, 0.3) is 0 Å². The summed E-state index contributed by atoms with van der Waals surface area (Å²) in [5, 5.41) is 3.23. The molecule has 0 fully saturated rings. The monoisotopic (exact) mass is 376 g/mol. The predicted octanol–water partition coefficient (Wildman–Crippen LogP) is 3.29. The molecule has 0 saturated heterocycles. The van der Waals surface area contributed by atoms with Crippen LogP contribution in [0.5, 0.6) is 0 Å². The van der Waals surface area contributed by atoms with Crippen molar-refractivity contribution in [1.82, 2.24) is 9.62 Å². The highest BCUT2D eigenvalue weighted by Gasteiger charge is 2.26. The van der Waals surface area contributed by atoms with Crippen molar-refractivity contribution in [1.29, 1.82) is 0 Å². The summed E-state index contributed by atoms with van der Waals surface area (Å²) in [5.74, 6) is 0. The molecule has 1 rings (SSSR count). The minimum atomic E-state index is -3.46. The normalized spacial score (nSPS) is 12.1. The molecule has 0 unspecified atom stereocenters. The summed E-state index contributed by atoms with van der Waals surface area (Å²) in [7, 11) is -3.46. The van der Waals surface area contributed by atoms with Gasteiger partial charge in [0, 0.05) is 24.1 Å². The highest BCUT2D eigenvalue weighted by Crippen LogP contribution is 2.29. The number of nitrogens with zero attached hydrogens (tertiary/aromatic N) is 1. The van der Waals surface area contributed by atoms with E-state index in [0.29, 0.717) is 29.0 Å². The molecule has 0 aliphatic carbocycles. The lowest BCUT2D eigenvalue weighted by Crippen LogP contribution is -2.32. The number of halogens is 1. The highest BCUT2D eigenvalue weighted by molar-refractivity contribution is 9.10. The Morgan fingerprint density at radius 2 is 1.90 bits per heavy atom.